The number of aliphatic hydroxyl groups excluding tert-OH is 1. The normalized spacial score (nSPS) is 8.33. The molecule has 0 amide bonds. The third kappa shape index (κ3) is 3.63. The first-order valence-electron chi connectivity index (χ1n) is 1.71. The Hall–Kier alpha value is -0.370. The minimum absolute atomic E-state index is 0.0694. The van der Waals surface area contributed by atoms with Crippen LogP contribution in [0.2, 0.25) is 0 Å². The molecule has 0 unspecified atom stereocenters. The Morgan fingerprint density at radius 3 is 2.33 bits per heavy atom. The fourth-order valence-electron chi connectivity index (χ4n) is 0.121. The highest BCUT2D eigenvalue weighted by atomic mass is 19.1. The Bertz CT molecular complexity index is 51.5. The van der Waals surface area contributed by atoms with E-state index in [0.29, 0.717) is 0 Å². The first kappa shape index (κ1) is 5.63. The number of hydrogen-bond donors (Lipinski definition) is 1. The zero-order valence-corrected chi connectivity index (χ0v) is 3.45. The fraction of sp³-hybridized carbons (Fsp3) is 0.500. The van der Waals surface area contributed by atoms with Crippen molar-refractivity contribution in [3.8, 4) is 0 Å². The Balaban J connectivity index is 2.83. The van der Waals surface area contributed by atoms with Gasteiger partial charge in [-0.3, -0.25) is 0 Å². The molecule has 0 aromatic heterocycles. The van der Waals surface area contributed by atoms with E-state index in [0.717, 1.165) is 0 Å². The second-order valence-electron chi connectivity index (χ2n) is 0.991. The lowest BCUT2D eigenvalue weighted by Crippen LogP contribution is -1.78. The van der Waals surface area contributed by atoms with Crippen molar-refractivity contribution in [2.75, 3.05) is 6.61 Å². The van der Waals surface area contributed by atoms with Crippen molar-refractivity contribution < 1.29 is 9.50 Å². The molecule has 0 aliphatic carbocycles. The van der Waals surface area contributed by atoms with Crippen molar-refractivity contribution in [2.45, 2.75) is 6.42 Å². The summed E-state index contributed by atoms with van der Waals surface area (Å²) in [5, 5.41) is 7.94. The van der Waals surface area contributed by atoms with E-state index in [1.165, 1.54) is 0 Å². The summed E-state index contributed by atoms with van der Waals surface area (Å²) in [4.78, 5) is 0. The summed E-state index contributed by atoms with van der Waals surface area (Å²) in [6.07, 6.45) is 0.0694. The van der Waals surface area contributed by atoms with Gasteiger partial charge in [-0.2, -0.15) is 0 Å². The SMILES string of the molecule is C=C(F)CCO. The van der Waals surface area contributed by atoms with Crippen LogP contribution >= 0.6 is 0 Å². The van der Waals surface area contributed by atoms with Crippen LogP contribution in [0.4, 0.5) is 4.39 Å². The minimum Gasteiger partial charge on any atom is -0.396 e. The molecule has 1 N–H and O–H groups in total. The van der Waals surface area contributed by atoms with E-state index < -0.39 is 5.83 Å². The van der Waals surface area contributed by atoms with Crippen LogP contribution in [0.15, 0.2) is 12.4 Å². The number of aliphatic hydroxyl groups is 1. The first-order chi connectivity index (χ1) is 2.77. The maximum Gasteiger partial charge on any atom is 0.0950 e. The highest BCUT2D eigenvalue weighted by Crippen LogP contribution is 1.94. The van der Waals surface area contributed by atoms with Crippen LogP contribution in [0.3, 0.4) is 0 Å². The lowest BCUT2D eigenvalue weighted by Gasteiger charge is -1.82. The van der Waals surface area contributed by atoms with E-state index in [4.69, 9.17) is 5.11 Å². The monoisotopic (exact) mass is 90.0 g/mol. The van der Waals surface area contributed by atoms with Gasteiger partial charge in [0.15, 0.2) is 0 Å². The van der Waals surface area contributed by atoms with Crippen LogP contribution in [0.1, 0.15) is 6.42 Å². The second-order valence-corrected chi connectivity index (χ2v) is 0.991. The highest BCUT2D eigenvalue weighted by molar-refractivity contribution is 4.77. The molecule has 0 fully saturated rings. The lowest BCUT2D eigenvalue weighted by molar-refractivity contribution is 0.289. The topological polar surface area (TPSA) is 20.2 Å². The van der Waals surface area contributed by atoms with Gasteiger partial charge in [0.05, 0.1) is 5.83 Å². The average Bonchev–Trinajstić information content (AvgIpc) is 1.35. The molecule has 0 aromatic rings. The molecule has 0 aliphatic heterocycles. The molecular weight excluding hydrogens is 83.0 g/mol. The second kappa shape index (κ2) is 2.85. The molecule has 0 radical (unpaired) electrons. The molecule has 36 valence electrons. The van der Waals surface area contributed by atoms with Crippen molar-refractivity contribution in [3.05, 3.63) is 12.4 Å². The highest BCUT2D eigenvalue weighted by Gasteiger charge is 1.82. The van der Waals surface area contributed by atoms with Crippen molar-refractivity contribution >= 4 is 0 Å². The average molecular weight is 90.1 g/mol. The molecule has 0 atom stereocenters. The summed E-state index contributed by atoms with van der Waals surface area (Å²) in [5.41, 5.74) is 0. The maximum atomic E-state index is 11.3. The molecule has 2 heteroatoms. The van der Waals surface area contributed by atoms with Crippen LogP contribution < -0.4 is 0 Å². The van der Waals surface area contributed by atoms with E-state index in [9.17, 15) is 4.39 Å². The van der Waals surface area contributed by atoms with Gasteiger partial charge in [0.1, 0.15) is 0 Å². The summed E-state index contributed by atoms with van der Waals surface area (Å²) in [7, 11) is 0. The standard InChI is InChI=1S/C4H7FO/c1-4(5)2-3-6/h6H,1-3H2. The van der Waals surface area contributed by atoms with Crippen molar-refractivity contribution in [1.29, 1.82) is 0 Å². The molecule has 0 rings (SSSR count). The molecular formula is C4H7FO. The summed E-state index contributed by atoms with van der Waals surface area (Å²) in [6.45, 7) is 2.77. The van der Waals surface area contributed by atoms with Crippen LogP contribution in [-0.4, -0.2) is 11.7 Å². The van der Waals surface area contributed by atoms with Crippen LogP contribution in [-0.2, 0) is 0 Å². The van der Waals surface area contributed by atoms with Gasteiger partial charge in [-0.15, -0.1) is 0 Å². The molecule has 0 aliphatic rings. The number of rotatable bonds is 2. The predicted octanol–water partition coefficient (Wildman–Crippen LogP) is 0.852. The maximum absolute atomic E-state index is 11.3. The summed E-state index contributed by atoms with van der Waals surface area (Å²) in [5.74, 6) is -0.461. The molecule has 0 bridgehead atoms. The van der Waals surface area contributed by atoms with Gasteiger partial charge in [0.2, 0.25) is 0 Å². The molecule has 1 nitrogen and oxygen atoms in total. The van der Waals surface area contributed by atoms with Gasteiger partial charge in [-0.05, 0) is 0 Å². The smallest absolute Gasteiger partial charge is 0.0950 e. The van der Waals surface area contributed by atoms with Gasteiger partial charge in [0, 0.05) is 13.0 Å². The summed E-state index contributed by atoms with van der Waals surface area (Å²) < 4.78 is 11.3. The van der Waals surface area contributed by atoms with Crippen LogP contribution in [0.25, 0.3) is 0 Å². The number of hydrogen-bond acceptors (Lipinski definition) is 1. The Morgan fingerprint density at radius 2 is 2.33 bits per heavy atom. The van der Waals surface area contributed by atoms with Crippen LogP contribution in [0.5, 0.6) is 0 Å². The fourth-order valence-corrected chi connectivity index (χ4v) is 0.121. The minimum atomic E-state index is -0.461. The van der Waals surface area contributed by atoms with Gasteiger partial charge in [0.25, 0.3) is 0 Å². The van der Waals surface area contributed by atoms with Gasteiger partial charge >= 0.3 is 0 Å². The van der Waals surface area contributed by atoms with E-state index in [-0.39, 0.29) is 13.0 Å². The first-order valence-corrected chi connectivity index (χ1v) is 1.71. The summed E-state index contributed by atoms with van der Waals surface area (Å²) >= 11 is 0. The number of halogens is 1. The van der Waals surface area contributed by atoms with Crippen molar-refractivity contribution in [2.24, 2.45) is 0 Å². The third-order valence-corrected chi connectivity index (χ3v) is 0.383. The van der Waals surface area contributed by atoms with Gasteiger partial charge < -0.3 is 5.11 Å². The van der Waals surface area contributed by atoms with Crippen molar-refractivity contribution in [3.63, 3.8) is 0 Å². The van der Waals surface area contributed by atoms with E-state index in [1.54, 1.807) is 0 Å². The predicted molar refractivity (Wildman–Crippen MR) is 22.0 cm³/mol. The van der Waals surface area contributed by atoms with E-state index >= 15 is 0 Å². The Kier molecular flexibility index (Phi) is 2.67. The van der Waals surface area contributed by atoms with Gasteiger partial charge in [-0.1, -0.05) is 6.58 Å². The van der Waals surface area contributed by atoms with E-state index in [2.05, 4.69) is 6.58 Å². The van der Waals surface area contributed by atoms with E-state index in [1.807, 2.05) is 0 Å². The zero-order chi connectivity index (χ0) is 4.99. The zero-order valence-electron chi connectivity index (χ0n) is 3.45. The molecule has 6 heavy (non-hydrogen) atoms. The Labute approximate surface area is 36.1 Å². The largest absolute Gasteiger partial charge is 0.396 e. The van der Waals surface area contributed by atoms with Gasteiger partial charge in [-0.25, -0.2) is 4.39 Å². The molecule has 0 spiro atoms. The Morgan fingerprint density at radius 1 is 1.83 bits per heavy atom. The van der Waals surface area contributed by atoms with Crippen LogP contribution in [0, 0.1) is 0 Å². The molecule has 0 saturated carbocycles. The molecule has 0 aromatic carbocycles. The molecule has 0 saturated heterocycles. The lowest BCUT2D eigenvalue weighted by atomic mass is 10.4. The summed E-state index contributed by atoms with van der Waals surface area (Å²) in [6, 6.07) is 0. The van der Waals surface area contributed by atoms with Crippen molar-refractivity contribution in [1.82, 2.24) is 0 Å². The third-order valence-electron chi connectivity index (χ3n) is 0.383. The molecule has 0 heterocycles. The quantitative estimate of drug-likeness (QED) is 0.533.